The number of nitrogens with zero attached hydrogens (tertiary/aromatic N) is 2. The average Bonchev–Trinajstić information content (AvgIpc) is 2.51. The number of ether oxygens (including phenoxy) is 1. The van der Waals surface area contributed by atoms with E-state index < -0.39 is 6.09 Å². The van der Waals surface area contributed by atoms with Gasteiger partial charge in [0.2, 0.25) is 0 Å². The van der Waals surface area contributed by atoms with Gasteiger partial charge in [0.1, 0.15) is 17.5 Å². The van der Waals surface area contributed by atoms with Crippen LogP contribution in [-0.2, 0) is 11.3 Å². The van der Waals surface area contributed by atoms with Crippen LogP contribution in [0.2, 0.25) is 0 Å². The van der Waals surface area contributed by atoms with Gasteiger partial charge in [0.25, 0.3) is 0 Å². The Morgan fingerprint density at radius 3 is 2.61 bits per heavy atom. The first-order valence-corrected chi connectivity index (χ1v) is 7.15. The topological polar surface area (TPSA) is 80.5 Å². The minimum Gasteiger partial charge on any atom is -0.450 e. The first-order chi connectivity index (χ1) is 11.0. The van der Waals surface area contributed by atoms with Crippen LogP contribution < -0.4 is 16.0 Å². The standard InChI is InChI=1S/C16H19FN4O2/c1-3-23-16(22)19-13-8-9-14(20-15(13)18)21(2)10-11-4-6-12(17)7-5-11/h4-9H,3,10H2,1-2H3,(H2,18,20)(H,19,22). The van der Waals surface area contributed by atoms with Gasteiger partial charge in [-0.25, -0.2) is 14.2 Å². The van der Waals surface area contributed by atoms with Crippen LogP contribution in [0.25, 0.3) is 0 Å². The molecule has 122 valence electrons. The van der Waals surface area contributed by atoms with E-state index in [1.165, 1.54) is 12.1 Å². The van der Waals surface area contributed by atoms with Gasteiger partial charge in [0.05, 0.1) is 12.3 Å². The van der Waals surface area contributed by atoms with Gasteiger partial charge in [-0.05, 0) is 36.8 Å². The summed E-state index contributed by atoms with van der Waals surface area (Å²) < 4.78 is 17.7. The Hall–Kier alpha value is -2.83. The summed E-state index contributed by atoms with van der Waals surface area (Å²) in [5.41, 5.74) is 7.20. The molecule has 0 saturated carbocycles. The number of carbonyl (C=O) groups excluding carboxylic acids is 1. The third-order valence-corrected chi connectivity index (χ3v) is 3.15. The lowest BCUT2D eigenvalue weighted by molar-refractivity contribution is 0.168. The van der Waals surface area contributed by atoms with Crippen LogP contribution in [0.3, 0.4) is 0 Å². The Bertz CT molecular complexity index is 676. The van der Waals surface area contributed by atoms with E-state index in [0.717, 1.165) is 5.56 Å². The molecule has 0 spiro atoms. The molecule has 1 heterocycles. The zero-order valence-electron chi connectivity index (χ0n) is 13.0. The van der Waals surface area contributed by atoms with Gasteiger partial charge in [-0.1, -0.05) is 12.1 Å². The molecular formula is C16H19FN4O2. The molecular weight excluding hydrogens is 299 g/mol. The minimum atomic E-state index is -0.576. The largest absolute Gasteiger partial charge is 0.450 e. The van der Waals surface area contributed by atoms with Crippen molar-refractivity contribution in [3.8, 4) is 0 Å². The predicted octanol–water partition coefficient (Wildman–Crippen LogP) is 3.01. The maximum absolute atomic E-state index is 12.9. The fourth-order valence-corrected chi connectivity index (χ4v) is 2.00. The third-order valence-electron chi connectivity index (χ3n) is 3.15. The summed E-state index contributed by atoms with van der Waals surface area (Å²) in [5.74, 6) is 0.566. The number of nitrogen functional groups attached to an aromatic ring is 1. The molecule has 0 aliphatic rings. The Morgan fingerprint density at radius 2 is 2.00 bits per heavy atom. The van der Waals surface area contributed by atoms with Crippen molar-refractivity contribution in [3.05, 3.63) is 47.8 Å². The molecule has 1 aromatic carbocycles. The molecule has 0 saturated heterocycles. The van der Waals surface area contributed by atoms with E-state index in [1.807, 2.05) is 11.9 Å². The molecule has 2 rings (SSSR count). The quantitative estimate of drug-likeness (QED) is 0.886. The Morgan fingerprint density at radius 1 is 1.30 bits per heavy atom. The van der Waals surface area contributed by atoms with Crippen molar-refractivity contribution < 1.29 is 13.9 Å². The van der Waals surface area contributed by atoms with Crippen molar-refractivity contribution in [1.82, 2.24) is 4.98 Å². The summed E-state index contributed by atoms with van der Waals surface area (Å²) in [7, 11) is 1.85. The maximum atomic E-state index is 12.9. The number of halogens is 1. The number of pyridine rings is 1. The highest BCUT2D eigenvalue weighted by Gasteiger charge is 2.10. The molecule has 0 atom stereocenters. The van der Waals surface area contributed by atoms with E-state index in [1.54, 1.807) is 31.2 Å². The molecule has 1 amide bonds. The van der Waals surface area contributed by atoms with Crippen LogP contribution in [0.1, 0.15) is 12.5 Å². The summed E-state index contributed by atoms with van der Waals surface area (Å²) in [5, 5.41) is 2.52. The summed E-state index contributed by atoms with van der Waals surface area (Å²) in [6.45, 7) is 2.55. The van der Waals surface area contributed by atoms with Crippen molar-refractivity contribution in [2.24, 2.45) is 0 Å². The Kier molecular flexibility index (Phi) is 5.35. The van der Waals surface area contributed by atoms with Crippen molar-refractivity contribution >= 4 is 23.4 Å². The monoisotopic (exact) mass is 318 g/mol. The fraction of sp³-hybridized carbons (Fsp3) is 0.250. The number of benzene rings is 1. The number of nitrogens with one attached hydrogen (secondary N) is 1. The van der Waals surface area contributed by atoms with E-state index in [9.17, 15) is 9.18 Å². The van der Waals surface area contributed by atoms with Crippen LogP contribution in [0.5, 0.6) is 0 Å². The third kappa shape index (κ3) is 4.57. The number of anilines is 3. The fourth-order valence-electron chi connectivity index (χ4n) is 2.00. The van der Waals surface area contributed by atoms with Crippen LogP contribution >= 0.6 is 0 Å². The van der Waals surface area contributed by atoms with Crippen molar-refractivity contribution in [2.75, 3.05) is 29.6 Å². The molecule has 2 aromatic rings. The zero-order valence-corrected chi connectivity index (χ0v) is 13.0. The number of nitrogens with two attached hydrogens (primary N) is 1. The van der Waals surface area contributed by atoms with Crippen molar-refractivity contribution in [2.45, 2.75) is 13.5 Å². The molecule has 1 aromatic heterocycles. The van der Waals surface area contributed by atoms with Crippen LogP contribution in [-0.4, -0.2) is 24.7 Å². The van der Waals surface area contributed by atoms with E-state index in [2.05, 4.69) is 10.3 Å². The summed E-state index contributed by atoms with van der Waals surface area (Å²) >= 11 is 0. The summed E-state index contributed by atoms with van der Waals surface area (Å²) in [4.78, 5) is 17.5. The molecule has 0 fully saturated rings. The molecule has 0 unspecified atom stereocenters. The van der Waals surface area contributed by atoms with Crippen LogP contribution in [0, 0.1) is 5.82 Å². The second-order valence-corrected chi connectivity index (χ2v) is 4.93. The Labute approximate surface area is 134 Å². The highest BCUT2D eigenvalue weighted by atomic mass is 19.1. The first kappa shape index (κ1) is 16.5. The van der Waals surface area contributed by atoms with Crippen LogP contribution in [0.4, 0.5) is 26.5 Å². The number of aromatic nitrogens is 1. The number of hydrogen-bond acceptors (Lipinski definition) is 5. The lowest BCUT2D eigenvalue weighted by Gasteiger charge is -2.19. The molecule has 0 aliphatic heterocycles. The number of rotatable bonds is 5. The van der Waals surface area contributed by atoms with Gasteiger partial charge in [-0.15, -0.1) is 0 Å². The number of amides is 1. The molecule has 6 nitrogen and oxygen atoms in total. The Balaban J connectivity index is 2.06. The highest BCUT2D eigenvalue weighted by molar-refractivity contribution is 5.88. The van der Waals surface area contributed by atoms with E-state index in [-0.39, 0.29) is 18.2 Å². The predicted molar refractivity (Wildman–Crippen MR) is 87.8 cm³/mol. The number of carbonyl (C=O) groups is 1. The lowest BCUT2D eigenvalue weighted by atomic mass is 10.2. The molecule has 23 heavy (non-hydrogen) atoms. The SMILES string of the molecule is CCOC(=O)Nc1ccc(N(C)Cc2ccc(F)cc2)nc1N. The minimum absolute atomic E-state index is 0.196. The molecule has 0 radical (unpaired) electrons. The van der Waals surface area contributed by atoms with Crippen molar-refractivity contribution in [1.29, 1.82) is 0 Å². The zero-order chi connectivity index (χ0) is 16.8. The maximum Gasteiger partial charge on any atom is 0.411 e. The van der Waals surface area contributed by atoms with Crippen molar-refractivity contribution in [3.63, 3.8) is 0 Å². The lowest BCUT2D eigenvalue weighted by Crippen LogP contribution is -2.19. The van der Waals surface area contributed by atoms with Gasteiger partial charge in [-0.2, -0.15) is 0 Å². The molecule has 0 bridgehead atoms. The average molecular weight is 318 g/mol. The van der Waals surface area contributed by atoms with E-state index in [0.29, 0.717) is 18.1 Å². The first-order valence-electron chi connectivity index (χ1n) is 7.15. The van der Waals surface area contributed by atoms with Crippen LogP contribution in [0.15, 0.2) is 36.4 Å². The van der Waals surface area contributed by atoms with E-state index in [4.69, 9.17) is 10.5 Å². The molecule has 3 N–H and O–H groups in total. The normalized spacial score (nSPS) is 10.2. The van der Waals surface area contributed by atoms with Gasteiger partial charge < -0.3 is 15.4 Å². The summed E-state index contributed by atoms with van der Waals surface area (Å²) in [6, 6.07) is 9.66. The van der Waals surface area contributed by atoms with E-state index >= 15 is 0 Å². The highest BCUT2D eigenvalue weighted by Crippen LogP contribution is 2.21. The van der Waals surface area contributed by atoms with Gasteiger partial charge in [0.15, 0.2) is 0 Å². The number of hydrogen-bond donors (Lipinski definition) is 2. The second-order valence-electron chi connectivity index (χ2n) is 4.93. The smallest absolute Gasteiger partial charge is 0.411 e. The van der Waals surface area contributed by atoms with Gasteiger partial charge >= 0.3 is 6.09 Å². The molecule has 7 heteroatoms. The van der Waals surface area contributed by atoms with Gasteiger partial charge in [0, 0.05) is 13.6 Å². The van der Waals surface area contributed by atoms with Gasteiger partial charge in [-0.3, -0.25) is 5.32 Å². The molecule has 0 aliphatic carbocycles. The summed E-state index contributed by atoms with van der Waals surface area (Å²) in [6.07, 6.45) is -0.576. The second kappa shape index (κ2) is 7.44.